The molecule has 230 valence electrons. The van der Waals surface area contributed by atoms with E-state index in [1.165, 1.54) is 0 Å². The molecular weight excluding hydrogens is 582 g/mol. The summed E-state index contributed by atoms with van der Waals surface area (Å²) in [5.41, 5.74) is 3.37. The number of hydrogen-bond acceptors (Lipinski definition) is 7. The summed E-state index contributed by atoms with van der Waals surface area (Å²) in [6.07, 6.45) is -7.15. The van der Waals surface area contributed by atoms with Crippen LogP contribution in [-0.4, -0.2) is 82.9 Å². The second-order valence-corrected chi connectivity index (χ2v) is 8.14. The van der Waals surface area contributed by atoms with E-state index < -0.39 is 30.4 Å². The fraction of sp³-hybridized carbons (Fsp3) is 0.280. The first-order valence-corrected chi connectivity index (χ1v) is 11.5. The lowest BCUT2D eigenvalue weighted by Crippen LogP contribution is -2.21. The minimum absolute atomic E-state index is 0.205. The zero-order valence-corrected chi connectivity index (χ0v) is 22.0. The summed E-state index contributed by atoms with van der Waals surface area (Å²) in [5, 5.41) is 23.8. The summed E-state index contributed by atoms with van der Waals surface area (Å²) in [6, 6.07) is 15.1. The average molecular weight is 608 g/mol. The van der Waals surface area contributed by atoms with E-state index in [1.54, 1.807) is 18.5 Å². The van der Waals surface area contributed by atoms with Crippen molar-refractivity contribution in [3.8, 4) is 16.9 Å². The number of anilines is 1. The number of hydrogen-bond donors (Lipinski definition) is 4. The first kappa shape index (κ1) is 35.2. The lowest BCUT2D eigenvalue weighted by Gasteiger charge is -2.16. The maximum atomic E-state index is 12.2. The van der Waals surface area contributed by atoms with Crippen molar-refractivity contribution in [1.82, 2.24) is 15.1 Å². The number of halogens is 6. The van der Waals surface area contributed by atoms with Crippen molar-refractivity contribution in [3.05, 3.63) is 66.5 Å². The van der Waals surface area contributed by atoms with Gasteiger partial charge in [-0.1, -0.05) is 36.4 Å². The number of aromatic amines is 1. The Morgan fingerprint density at radius 1 is 0.929 bits per heavy atom. The molecule has 0 spiro atoms. The van der Waals surface area contributed by atoms with Gasteiger partial charge in [0.25, 0.3) is 0 Å². The van der Waals surface area contributed by atoms with Crippen LogP contribution in [0.1, 0.15) is 5.56 Å². The summed E-state index contributed by atoms with van der Waals surface area (Å²) >= 11 is 0. The Morgan fingerprint density at radius 3 is 1.98 bits per heavy atom. The van der Waals surface area contributed by atoms with E-state index in [0.717, 1.165) is 23.2 Å². The van der Waals surface area contributed by atoms with Gasteiger partial charge in [0.1, 0.15) is 19.0 Å². The molecule has 0 atom stereocenters. The predicted octanol–water partition coefficient (Wildman–Crippen LogP) is 5.03. The van der Waals surface area contributed by atoms with Crippen molar-refractivity contribution in [2.45, 2.75) is 19.0 Å². The maximum Gasteiger partial charge on any atom is 0.490 e. The van der Waals surface area contributed by atoms with Crippen molar-refractivity contribution in [2.75, 3.05) is 32.6 Å². The van der Waals surface area contributed by atoms with Crippen molar-refractivity contribution in [3.63, 3.8) is 0 Å². The van der Waals surface area contributed by atoms with Crippen molar-refractivity contribution in [2.24, 2.45) is 0 Å². The van der Waals surface area contributed by atoms with Crippen LogP contribution in [0, 0.1) is 0 Å². The van der Waals surface area contributed by atoms with E-state index in [4.69, 9.17) is 29.3 Å². The van der Waals surface area contributed by atoms with Crippen molar-refractivity contribution in [1.29, 1.82) is 0 Å². The number of likely N-dealkylation sites (N-methyl/N-ethyl adjacent to an activating group) is 1. The number of nitrogens with one attached hydrogen (secondary N) is 2. The monoisotopic (exact) mass is 608 g/mol. The molecule has 0 fully saturated rings. The minimum Gasteiger partial charge on any atom is -0.490 e. The third-order valence-corrected chi connectivity index (χ3v) is 4.54. The number of carboxylic acid groups (broad SMARTS) is 2. The Hall–Kier alpha value is -4.80. The first-order valence-electron chi connectivity index (χ1n) is 11.5. The van der Waals surface area contributed by atoms with E-state index >= 15 is 0 Å². The first-order chi connectivity index (χ1) is 19.5. The number of aliphatic carboxylic acids is 2. The van der Waals surface area contributed by atoms with Gasteiger partial charge in [0.15, 0.2) is 0 Å². The van der Waals surface area contributed by atoms with Gasteiger partial charge in [0.2, 0.25) is 0 Å². The molecule has 0 saturated heterocycles. The van der Waals surface area contributed by atoms with Gasteiger partial charge in [-0.25, -0.2) is 14.4 Å². The average Bonchev–Trinajstić information content (AvgIpc) is 3.43. The molecule has 4 N–H and O–H groups in total. The number of H-pyrrole nitrogens is 1. The molecule has 0 aliphatic heterocycles. The zero-order valence-electron chi connectivity index (χ0n) is 22.0. The largest absolute Gasteiger partial charge is 0.490 e. The lowest BCUT2D eigenvalue weighted by molar-refractivity contribution is -0.193. The summed E-state index contributed by atoms with van der Waals surface area (Å²) < 4.78 is 74.7. The van der Waals surface area contributed by atoms with E-state index in [1.807, 2.05) is 61.5 Å². The molecule has 0 unspecified atom stereocenters. The molecule has 0 radical (unpaired) electrons. The van der Waals surface area contributed by atoms with E-state index in [9.17, 15) is 31.1 Å². The van der Waals surface area contributed by atoms with Gasteiger partial charge in [-0.2, -0.15) is 31.4 Å². The number of nitrogens with zero attached hydrogens (tertiary/aromatic N) is 2. The third kappa shape index (κ3) is 14.0. The second-order valence-electron chi connectivity index (χ2n) is 8.14. The molecule has 0 aliphatic carbocycles. The molecule has 11 nitrogen and oxygen atoms in total. The smallest absolute Gasteiger partial charge is 0.490 e. The fourth-order valence-electron chi connectivity index (χ4n) is 2.54. The Bertz CT molecular complexity index is 1240. The Morgan fingerprint density at radius 2 is 1.50 bits per heavy atom. The normalized spacial score (nSPS) is 10.9. The topological polar surface area (TPSA) is 154 Å². The Balaban J connectivity index is 0.000000522. The molecule has 3 aromatic rings. The summed E-state index contributed by atoms with van der Waals surface area (Å²) in [5.74, 6) is -4.93. The van der Waals surface area contributed by atoms with Crippen LogP contribution in [0.15, 0.2) is 60.9 Å². The minimum atomic E-state index is -5.08. The molecule has 3 rings (SSSR count). The number of benzene rings is 2. The number of carboxylic acids is 2. The van der Waals surface area contributed by atoms with Gasteiger partial charge < -0.3 is 24.6 Å². The van der Waals surface area contributed by atoms with E-state index in [0.29, 0.717) is 18.0 Å². The molecule has 17 heteroatoms. The number of rotatable bonds is 8. The summed E-state index contributed by atoms with van der Waals surface area (Å²) in [6.45, 7) is 1.46. The highest BCUT2D eigenvalue weighted by Gasteiger charge is 2.38. The van der Waals surface area contributed by atoms with Crippen LogP contribution in [0.2, 0.25) is 0 Å². The molecule has 0 saturated carbocycles. The SMILES string of the molecule is CN(C)CCOc1cc(-c2cn[nH]c2)ccc1NC(=O)OCc1ccccc1.O=C(O)C(F)(F)F.O=C(O)C(F)(F)F. The molecule has 1 aromatic heterocycles. The summed E-state index contributed by atoms with van der Waals surface area (Å²) in [7, 11) is 3.96. The third-order valence-electron chi connectivity index (χ3n) is 4.54. The standard InChI is InChI=1S/C21H24N4O3.2C2HF3O2/c1-25(2)10-11-27-20-12-17(18-13-22-23-14-18)8-9-19(20)24-21(26)28-15-16-6-4-3-5-7-16;2*3-2(4,5)1(6)7/h3-9,12-14H,10-11,15H2,1-2H3,(H,22,23)(H,24,26);2*(H,6,7). The van der Waals surface area contributed by atoms with Crippen LogP contribution >= 0.6 is 0 Å². The number of alkyl halides is 6. The van der Waals surface area contributed by atoms with Crippen molar-refractivity contribution >= 4 is 23.7 Å². The lowest BCUT2D eigenvalue weighted by atomic mass is 10.1. The number of carbonyl (C=O) groups excluding carboxylic acids is 1. The number of ether oxygens (including phenoxy) is 2. The van der Waals surface area contributed by atoms with Gasteiger partial charge in [-0.15, -0.1) is 0 Å². The summed E-state index contributed by atoms with van der Waals surface area (Å²) in [4.78, 5) is 32.0. The van der Waals surface area contributed by atoms with Crippen LogP contribution < -0.4 is 10.1 Å². The van der Waals surface area contributed by atoms with Crippen LogP contribution in [0.4, 0.5) is 36.8 Å². The van der Waals surface area contributed by atoms with Gasteiger partial charge in [0.05, 0.1) is 11.9 Å². The zero-order chi connectivity index (χ0) is 31.9. The number of amides is 1. The molecule has 2 aromatic carbocycles. The maximum absolute atomic E-state index is 12.2. The number of aromatic nitrogens is 2. The predicted molar refractivity (Wildman–Crippen MR) is 136 cm³/mol. The van der Waals surface area contributed by atoms with E-state index in [-0.39, 0.29) is 6.61 Å². The van der Waals surface area contributed by atoms with Gasteiger partial charge >= 0.3 is 30.4 Å². The van der Waals surface area contributed by atoms with Crippen LogP contribution in [0.25, 0.3) is 11.1 Å². The molecule has 1 amide bonds. The van der Waals surface area contributed by atoms with Gasteiger partial charge in [-0.05, 0) is 37.4 Å². The molecular formula is C25H26F6N4O7. The van der Waals surface area contributed by atoms with Crippen molar-refractivity contribution < 1.29 is 60.4 Å². The fourth-order valence-corrected chi connectivity index (χ4v) is 2.54. The molecule has 1 heterocycles. The Labute approximate surface area is 234 Å². The van der Waals surface area contributed by atoms with E-state index in [2.05, 4.69) is 15.5 Å². The molecule has 0 aliphatic rings. The highest BCUT2D eigenvalue weighted by molar-refractivity contribution is 5.87. The van der Waals surface area contributed by atoms with Crippen LogP contribution in [0.5, 0.6) is 5.75 Å². The highest BCUT2D eigenvalue weighted by atomic mass is 19.4. The quantitative estimate of drug-likeness (QED) is 0.258. The number of carbonyl (C=O) groups is 3. The highest BCUT2D eigenvalue weighted by Crippen LogP contribution is 2.31. The van der Waals surface area contributed by atoms with Gasteiger partial charge in [-0.3, -0.25) is 10.4 Å². The Kier molecular flexibility index (Phi) is 13.8. The van der Waals surface area contributed by atoms with Crippen LogP contribution in [0.3, 0.4) is 0 Å². The molecule has 0 bridgehead atoms. The van der Waals surface area contributed by atoms with Gasteiger partial charge in [0, 0.05) is 18.3 Å². The van der Waals surface area contributed by atoms with Crippen LogP contribution in [-0.2, 0) is 20.9 Å². The molecule has 42 heavy (non-hydrogen) atoms. The second kappa shape index (κ2) is 16.5.